The van der Waals surface area contributed by atoms with Crippen molar-refractivity contribution in [2.24, 2.45) is 11.7 Å². The van der Waals surface area contributed by atoms with Crippen molar-refractivity contribution in [2.45, 2.75) is 39.3 Å². The summed E-state index contributed by atoms with van der Waals surface area (Å²) >= 11 is 3.44. The summed E-state index contributed by atoms with van der Waals surface area (Å²) in [7, 11) is 0. The summed E-state index contributed by atoms with van der Waals surface area (Å²) in [6, 6.07) is 2.14. The zero-order valence-electron chi connectivity index (χ0n) is 11.6. The van der Waals surface area contributed by atoms with E-state index in [0.717, 1.165) is 42.6 Å². The van der Waals surface area contributed by atoms with E-state index in [1.807, 2.05) is 28.7 Å². The number of amides is 1. The van der Waals surface area contributed by atoms with Crippen LogP contribution in [0.4, 0.5) is 0 Å². The van der Waals surface area contributed by atoms with Crippen LogP contribution in [0.2, 0.25) is 0 Å². The van der Waals surface area contributed by atoms with Gasteiger partial charge in [0.1, 0.15) is 5.69 Å². The standard InChI is InChI=1S/C14H22BrN3O/c1-3-10-8-18(6-5-12(10)16)14(19)13-7-11(15)9-17(13)4-2/h7,9-10,12H,3-6,8,16H2,1-2H3. The molecule has 1 aromatic rings. The van der Waals surface area contributed by atoms with Crippen LogP contribution in [-0.4, -0.2) is 34.5 Å². The van der Waals surface area contributed by atoms with Gasteiger partial charge in [0.2, 0.25) is 0 Å². The molecule has 2 heterocycles. The van der Waals surface area contributed by atoms with E-state index in [9.17, 15) is 4.79 Å². The Balaban J connectivity index is 2.15. The third-order valence-electron chi connectivity index (χ3n) is 4.03. The van der Waals surface area contributed by atoms with Crippen molar-refractivity contribution < 1.29 is 4.79 Å². The fourth-order valence-electron chi connectivity index (χ4n) is 2.74. The van der Waals surface area contributed by atoms with Crippen molar-refractivity contribution >= 4 is 21.8 Å². The maximum Gasteiger partial charge on any atom is 0.270 e. The number of halogens is 1. The highest BCUT2D eigenvalue weighted by atomic mass is 79.9. The summed E-state index contributed by atoms with van der Waals surface area (Å²) in [5.74, 6) is 0.545. The summed E-state index contributed by atoms with van der Waals surface area (Å²) in [4.78, 5) is 14.6. The first-order valence-electron chi connectivity index (χ1n) is 6.97. The predicted octanol–water partition coefficient (Wildman–Crippen LogP) is 2.47. The van der Waals surface area contributed by atoms with E-state index < -0.39 is 0 Å². The molecule has 1 saturated heterocycles. The van der Waals surface area contributed by atoms with Gasteiger partial charge in [0.15, 0.2) is 0 Å². The average molecular weight is 328 g/mol. The molecular formula is C14H22BrN3O. The highest BCUT2D eigenvalue weighted by molar-refractivity contribution is 9.10. The summed E-state index contributed by atoms with van der Waals surface area (Å²) in [5, 5.41) is 0. The van der Waals surface area contributed by atoms with Gasteiger partial charge in [-0.2, -0.15) is 0 Å². The largest absolute Gasteiger partial charge is 0.343 e. The molecular weight excluding hydrogens is 306 g/mol. The first kappa shape index (κ1) is 14.6. The van der Waals surface area contributed by atoms with Crippen LogP contribution < -0.4 is 5.73 Å². The molecule has 2 rings (SSSR count). The minimum atomic E-state index is 0.123. The highest BCUT2D eigenvalue weighted by Gasteiger charge is 2.29. The lowest BCUT2D eigenvalue weighted by molar-refractivity contribution is 0.0638. The highest BCUT2D eigenvalue weighted by Crippen LogP contribution is 2.22. The maximum absolute atomic E-state index is 12.6. The Morgan fingerprint density at radius 2 is 2.26 bits per heavy atom. The molecule has 5 heteroatoms. The molecule has 19 heavy (non-hydrogen) atoms. The van der Waals surface area contributed by atoms with Crippen LogP contribution in [0.1, 0.15) is 37.2 Å². The van der Waals surface area contributed by atoms with Gasteiger partial charge in [0.25, 0.3) is 5.91 Å². The summed E-state index contributed by atoms with van der Waals surface area (Å²) in [6.07, 6.45) is 3.89. The van der Waals surface area contributed by atoms with Crippen molar-refractivity contribution in [3.8, 4) is 0 Å². The SMILES string of the molecule is CCC1CN(C(=O)c2cc(Br)cn2CC)CCC1N. The number of nitrogens with zero attached hydrogens (tertiary/aromatic N) is 2. The number of hydrogen-bond donors (Lipinski definition) is 1. The number of carbonyl (C=O) groups excluding carboxylic acids is 1. The molecule has 1 amide bonds. The maximum atomic E-state index is 12.6. The minimum absolute atomic E-state index is 0.123. The van der Waals surface area contributed by atoms with Gasteiger partial charge in [-0.25, -0.2) is 0 Å². The van der Waals surface area contributed by atoms with Crippen molar-refractivity contribution in [1.29, 1.82) is 0 Å². The fourth-order valence-corrected chi connectivity index (χ4v) is 3.21. The average Bonchev–Trinajstić information content (AvgIpc) is 2.79. The number of carbonyl (C=O) groups is 1. The lowest BCUT2D eigenvalue weighted by Gasteiger charge is -2.36. The van der Waals surface area contributed by atoms with Gasteiger partial charge >= 0.3 is 0 Å². The van der Waals surface area contributed by atoms with Gasteiger partial charge < -0.3 is 15.2 Å². The molecule has 1 aromatic heterocycles. The molecule has 1 aliphatic rings. The Bertz CT molecular complexity index is 458. The van der Waals surface area contributed by atoms with E-state index in [4.69, 9.17) is 5.73 Å². The van der Waals surface area contributed by atoms with Gasteiger partial charge in [0, 0.05) is 36.3 Å². The Hall–Kier alpha value is -0.810. The van der Waals surface area contributed by atoms with Crippen molar-refractivity contribution in [3.63, 3.8) is 0 Å². The number of piperidine rings is 1. The van der Waals surface area contributed by atoms with Gasteiger partial charge in [-0.15, -0.1) is 0 Å². The van der Waals surface area contributed by atoms with Crippen LogP contribution in [0, 0.1) is 5.92 Å². The third-order valence-corrected chi connectivity index (χ3v) is 4.46. The monoisotopic (exact) mass is 327 g/mol. The topological polar surface area (TPSA) is 51.3 Å². The second-order valence-corrected chi connectivity index (χ2v) is 6.12. The second-order valence-electron chi connectivity index (χ2n) is 5.20. The van der Waals surface area contributed by atoms with Crippen molar-refractivity contribution in [3.05, 3.63) is 22.4 Å². The minimum Gasteiger partial charge on any atom is -0.343 e. The number of aryl methyl sites for hydroxylation is 1. The molecule has 4 nitrogen and oxygen atoms in total. The number of likely N-dealkylation sites (tertiary alicyclic amines) is 1. The van der Waals surface area contributed by atoms with E-state index in [1.165, 1.54) is 0 Å². The fraction of sp³-hybridized carbons (Fsp3) is 0.643. The van der Waals surface area contributed by atoms with Gasteiger partial charge in [-0.05, 0) is 41.3 Å². The zero-order chi connectivity index (χ0) is 14.0. The quantitative estimate of drug-likeness (QED) is 0.927. The summed E-state index contributed by atoms with van der Waals surface area (Å²) < 4.78 is 2.94. The van der Waals surface area contributed by atoms with Gasteiger partial charge in [0.05, 0.1) is 0 Å². The van der Waals surface area contributed by atoms with Crippen LogP contribution >= 0.6 is 15.9 Å². The van der Waals surface area contributed by atoms with E-state index in [0.29, 0.717) is 5.92 Å². The molecule has 0 radical (unpaired) electrons. The van der Waals surface area contributed by atoms with Crippen molar-refractivity contribution in [2.75, 3.05) is 13.1 Å². The van der Waals surface area contributed by atoms with Crippen LogP contribution in [0.5, 0.6) is 0 Å². The molecule has 0 spiro atoms. The molecule has 2 N–H and O–H groups in total. The Morgan fingerprint density at radius 1 is 1.53 bits per heavy atom. The summed E-state index contributed by atoms with van der Waals surface area (Å²) in [6.45, 7) is 6.54. The number of nitrogens with two attached hydrogens (primary N) is 1. The van der Waals surface area contributed by atoms with Crippen LogP contribution in [-0.2, 0) is 6.54 Å². The normalized spacial score (nSPS) is 23.7. The number of rotatable bonds is 3. The summed E-state index contributed by atoms with van der Waals surface area (Å²) in [5.41, 5.74) is 6.86. The molecule has 2 unspecified atom stereocenters. The Morgan fingerprint density at radius 3 is 2.89 bits per heavy atom. The predicted molar refractivity (Wildman–Crippen MR) is 80.1 cm³/mol. The second kappa shape index (κ2) is 6.09. The lowest BCUT2D eigenvalue weighted by Crippen LogP contribution is -2.49. The third kappa shape index (κ3) is 3.03. The molecule has 1 fully saturated rings. The lowest BCUT2D eigenvalue weighted by atomic mass is 9.90. The van der Waals surface area contributed by atoms with Crippen LogP contribution in [0.15, 0.2) is 16.7 Å². The molecule has 1 aliphatic heterocycles. The van der Waals surface area contributed by atoms with E-state index >= 15 is 0 Å². The molecule has 106 valence electrons. The van der Waals surface area contributed by atoms with Gasteiger partial charge in [-0.1, -0.05) is 13.3 Å². The smallest absolute Gasteiger partial charge is 0.270 e. The van der Waals surface area contributed by atoms with E-state index in [1.54, 1.807) is 0 Å². The molecule has 0 aliphatic carbocycles. The molecule has 0 saturated carbocycles. The molecule has 2 atom stereocenters. The van der Waals surface area contributed by atoms with Gasteiger partial charge in [-0.3, -0.25) is 4.79 Å². The zero-order valence-corrected chi connectivity index (χ0v) is 13.2. The number of hydrogen-bond acceptors (Lipinski definition) is 2. The van der Waals surface area contributed by atoms with Crippen LogP contribution in [0.3, 0.4) is 0 Å². The van der Waals surface area contributed by atoms with Crippen molar-refractivity contribution in [1.82, 2.24) is 9.47 Å². The first-order chi connectivity index (χ1) is 9.06. The molecule has 0 aromatic carbocycles. The molecule has 0 bridgehead atoms. The Kier molecular flexibility index (Phi) is 4.68. The van der Waals surface area contributed by atoms with Crippen LogP contribution in [0.25, 0.3) is 0 Å². The Labute approximate surface area is 123 Å². The first-order valence-corrected chi connectivity index (χ1v) is 7.76. The van der Waals surface area contributed by atoms with E-state index in [2.05, 4.69) is 22.9 Å². The van der Waals surface area contributed by atoms with E-state index in [-0.39, 0.29) is 11.9 Å². The number of aromatic nitrogens is 1.